The monoisotopic (exact) mass is 441 g/mol. The van der Waals surface area contributed by atoms with Gasteiger partial charge in [-0.15, -0.1) is 11.8 Å². The number of hydrogen-bond donors (Lipinski definition) is 3. The van der Waals surface area contributed by atoms with Gasteiger partial charge in [0, 0.05) is 17.5 Å². The van der Waals surface area contributed by atoms with Crippen molar-refractivity contribution in [2.45, 2.75) is 25.0 Å². The SMILES string of the molecule is CCn1c(CNc2n[nH]c3cc(Cl)c(-c4ccccc4)cc23)nc(C(=O)O)c1SC. The number of anilines is 1. The molecule has 30 heavy (non-hydrogen) atoms. The molecule has 154 valence electrons. The molecular weight excluding hydrogens is 422 g/mol. The molecule has 0 aliphatic carbocycles. The molecule has 0 amide bonds. The number of fused-ring (bicyclic) bond motifs is 1. The molecule has 2 aromatic heterocycles. The molecule has 0 spiro atoms. The van der Waals surface area contributed by atoms with Gasteiger partial charge < -0.3 is 15.0 Å². The van der Waals surface area contributed by atoms with Gasteiger partial charge in [0.1, 0.15) is 10.9 Å². The fourth-order valence-electron chi connectivity index (χ4n) is 3.46. The quantitative estimate of drug-likeness (QED) is 0.344. The number of carboxylic acids is 1. The van der Waals surface area contributed by atoms with Gasteiger partial charge in [-0.25, -0.2) is 9.78 Å². The number of thioether (sulfide) groups is 1. The number of imidazole rings is 1. The maximum atomic E-state index is 11.5. The van der Waals surface area contributed by atoms with Crippen LogP contribution in [0.4, 0.5) is 5.82 Å². The highest BCUT2D eigenvalue weighted by Gasteiger charge is 2.21. The summed E-state index contributed by atoms with van der Waals surface area (Å²) in [7, 11) is 0. The van der Waals surface area contributed by atoms with Crippen LogP contribution in [-0.4, -0.2) is 37.1 Å². The van der Waals surface area contributed by atoms with Crippen LogP contribution in [0.3, 0.4) is 0 Å². The lowest BCUT2D eigenvalue weighted by molar-refractivity contribution is 0.0686. The summed E-state index contributed by atoms with van der Waals surface area (Å²) in [4.78, 5) is 15.9. The number of aromatic nitrogens is 4. The molecule has 0 fully saturated rings. The molecule has 9 heteroatoms. The molecule has 0 aliphatic rings. The van der Waals surface area contributed by atoms with Crippen LogP contribution in [0, 0.1) is 0 Å². The second kappa shape index (κ2) is 8.41. The van der Waals surface area contributed by atoms with E-state index in [0.29, 0.717) is 34.8 Å². The number of H-pyrrole nitrogens is 1. The smallest absolute Gasteiger partial charge is 0.357 e. The van der Waals surface area contributed by atoms with E-state index in [4.69, 9.17) is 11.6 Å². The Morgan fingerprint density at radius 2 is 2.07 bits per heavy atom. The lowest BCUT2D eigenvalue weighted by atomic mass is 10.0. The summed E-state index contributed by atoms with van der Waals surface area (Å²) in [5.74, 6) is 0.278. The van der Waals surface area contributed by atoms with Crippen LogP contribution in [0.1, 0.15) is 23.2 Å². The van der Waals surface area contributed by atoms with Gasteiger partial charge in [0.2, 0.25) is 0 Å². The first kappa shape index (κ1) is 20.3. The maximum absolute atomic E-state index is 11.5. The highest BCUT2D eigenvalue weighted by Crippen LogP contribution is 2.34. The van der Waals surface area contributed by atoms with Crippen molar-refractivity contribution < 1.29 is 9.90 Å². The molecule has 2 heterocycles. The molecule has 0 radical (unpaired) electrons. The van der Waals surface area contributed by atoms with Crippen molar-refractivity contribution in [1.82, 2.24) is 19.7 Å². The van der Waals surface area contributed by atoms with Crippen molar-refractivity contribution in [2.75, 3.05) is 11.6 Å². The molecular formula is C21H20ClN5O2S. The van der Waals surface area contributed by atoms with E-state index >= 15 is 0 Å². The normalized spacial score (nSPS) is 11.2. The molecule has 0 atom stereocenters. The van der Waals surface area contributed by atoms with Crippen molar-refractivity contribution in [2.24, 2.45) is 0 Å². The number of halogens is 1. The Kier molecular flexibility index (Phi) is 5.69. The van der Waals surface area contributed by atoms with Gasteiger partial charge >= 0.3 is 5.97 Å². The van der Waals surface area contributed by atoms with Crippen molar-refractivity contribution in [3.8, 4) is 11.1 Å². The van der Waals surface area contributed by atoms with Gasteiger partial charge in [-0.05, 0) is 30.9 Å². The number of hydrogen-bond acceptors (Lipinski definition) is 5. The van der Waals surface area contributed by atoms with Crippen molar-refractivity contribution >= 4 is 46.1 Å². The molecule has 0 unspecified atom stereocenters. The third kappa shape index (κ3) is 3.64. The number of carboxylic acid groups (broad SMARTS) is 1. The van der Waals surface area contributed by atoms with Crippen LogP contribution < -0.4 is 5.32 Å². The first-order valence-electron chi connectivity index (χ1n) is 9.37. The van der Waals surface area contributed by atoms with E-state index in [1.807, 2.05) is 60.2 Å². The van der Waals surface area contributed by atoms with Gasteiger partial charge in [0.25, 0.3) is 0 Å². The second-order valence-electron chi connectivity index (χ2n) is 6.60. The van der Waals surface area contributed by atoms with Crippen molar-refractivity contribution in [3.63, 3.8) is 0 Å². The highest BCUT2D eigenvalue weighted by atomic mass is 35.5. The Bertz CT molecular complexity index is 1220. The van der Waals surface area contributed by atoms with E-state index < -0.39 is 5.97 Å². The zero-order chi connectivity index (χ0) is 21.3. The molecule has 0 saturated heterocycles. The van der Waals surface area contributed by atoms with E-state index in [0.717, 1.165) is 22.0 Å². The van der Waals surface area contributed by atoms with Crippen LogP contribution in [0.2, 0.25) is 5.02 Å². The van der Waals surface area contributed by atoms with Gasteiger partial charge in [-0.2, -0.15) is 5.10 Å². The first-order chi connectivity index (χ1) is 14.5. The number of aromatic carboxylic acids is 1. The molecule has 0 aliphatic heterocycles. The number of nitrogens with one attached hydrogen (secondary N) is 2. The molecule has 3 N–H and O–H groups in total. The third-order valence-electron chi connectivity index (χ3n) is 4.86. The van der Waals surface area contributed by atoms with Crippen LogP contribution in [-0.2, 0) is 13.1 Å². The second-order valence-corrected chi connectivity index (χ2v) is 7.81. The molecule has 4 rings (SSSR count). The van der Waals surface area contributed by atoms with E-state index in [2.05, 4.69) is 20.5 Å². The summed E-state index contributed by atoms with van der Waals surface area (Å²) in [6.45, 7) is 2.94. The summed E-state index contributed by atoms with van der Waals surface area (Å²) < 4.78 is 1.90. The molecule has 7 nitrogen and oxygen atoms in total. The van der Waals surface area contributed by atoms with Crippen LogP contribution >= 0.6 is 23.4 Å². The number of carbonyl (C=O) groups is 1. The Morgan fingerprint density at radius 3 is 2.73 bits per heavy atom. The topological polar surface area (TPSA) is 95.8 Å². The summed E-state index contributed by atoms with van der Waals surface area (Å²) in [5.41, 5.74) is 2.83. The highest BCUT2D eigenvalue weighted by molar-refractivity contribution is 7.98. The Morgan fingerprint density at radius 1 is 1.30 bits per heavy atom. The number of aromatic amines is 1. The maximum Gasteiger partial charge on any atom is 0.357 e. The number of nitrogens with zero attached hydrogens (tertiary/aromatic N) is 3. The van der Waals surface area contributed by atoms with E-state index in [1.165, 1.54) is 11.8 Å². The minimum absolute atomic E-state index is 0.0752. The number of benzene rings is 2. The first-order valence-corrected chi connectivity index (χ1v) is 11.0. The van der Waals surface area contributed by atoms with Gasteiger partial charge in [-0.3, -0.25) is 5.10 Å². The predicted molar refractivity (Wildman–Crippen MR) is 121 cm³/mol. The van der Waals surface area contributed by atoms with Crippen molar-refractivity contribution in [1.29, 1.82) is 0 Å². The predicted octanol–water partition coefficient (Wildman–Crippen LogP) is 5.13. The molecule has 0 bridgehead atoms. The molecule has 2 aromatic carbocycles. The summed E-state index contributed by atoms with van der Waals surface area (Å²) >= 11 is 7.86. The minimum atomic E-state index is -1.03. The third-order valence-corrected chi connectivity index (χ3v) is 5.97. The lowest BCUT2D eigenvalue weighted by Crippen LogP contribution is -2.09. The summed E-state index contributed by atoms with van der Waals surface area (Å²) in [5, 5.41) is 22.3. The van der Waals surface area contributed by atoms with E-state index in [1.54, 1.807) is 0 Å². The van der Waals surface area contributed by atoms with Gasteiger partial charge in [0.15, 0.2) is 11.5 Å². The fourth-order valence-corrected chi connectivity index (χ4v) is 4.52. The summed E-state index contributed by atoms with van der Waals surface area (Å²) in [6, 6.07) is 13.8. The Hall–Kier alpha value is -2.97. The number of rotatable bonds is 7. The van der Waals surface area contributed by atoms with Crippen LogP contribution in [0.5, 0.6) is 0 Å². The largest absolute Gasteiger partial charge is 0.476 e. The van der Waals surface area contributed by atoms with E-state index in [9.17, 15) is 9.90 Å². The van der Waals surface area contributed by atoms with Crippen LogP contribution in [0.15, 0.2) is 47.5 Å². The average Bonchev–Trinajstić information content (AvgIpc) is 3.32. The average molecular weight is 442 g/mol. The summed E-state index contributed by atoms with van der Waals surface area (Å²) in [6.07, 6.45) is 1.85. The Balaban J connectivity index is 1.68. The zero-order valence-corrected chi connectivity index (χ0v) is 18.0. The standard InChI is InChI=1S/C21H20ClN5O2S/c1-3-27-17(24-18(21(28)29)20(27)30-2)11-23-19-14-9-13(12-7-5-4-6-8-12)15(22)10-16(14)25-26-19/h4-10H,3,11H2,1-2H3,(H,28,29)(H2,23,25,26). The van der Waals surface area contributed by atoms with Gasteiger partial charge in [-0.1, -0.05) is 41.9 Å². The lowest BCUT2D eigenvalue weighted by Gasteiger charge is -2.09. The zero-order valence-electron chi connectivity index (χ0n) is 16.4. The molecule has 0 saturated carbocycles. The minimum Gasteiger partial charge on any atom is -0.476 e. The fraction of sp³-hybridized carbons (Fsp3) is 0.190. The van der Waals surface area contributed by atoms with Gasteiger partial charge in [0.05, 0.1) is 17.1 Å². The van der Waals surface area contributed by atoms with Crippen molar-refractivity contribution in [3.05, 3.63) is 59.0 Å². The van der Waals surface area contributed by atoms with E-state index in [-0.39, 0.29) is 5.69 Å². The Labute approximate surface area is 182 Å². The molecule has 4 aromatic rings. The van der Waals surface area contributed by atoms with Crippen LogP contribution in [0.25, 0.3) is 22.0 Å².